The van der Waals surface area contributed by atoms with Gasteiger partial charge in [0.1, 0.15) is 11.4 Å². The van der Waals surface area contributed by atoms with E-state index in [-0.39, 0.29) is 6.10 Å². The van der Waals surface area contributed by atoms with Gasteiger partial charge in [0.05, 0.1) is 11.6 Å². The van der Waals surface area contributed by atoms with Crippen LogP contribution in [-0.4, -0.2) is 35.0 Å². The average Bonchev–Trinajstić information content (AvgIpc) is 2.46. The summed E-state index contributed by atoms with van der Waals surface area (Å²) in [6, 6.07) is 8.06. The molecule has 0 aliphatic rings. The predicted molar refractivity (Wildman–Crippen MR) is 79.3 cm³/mol. The first-order valence-electron chi connectivity index (χ1n) is 6.49. The van der Waals surface area contributed by atoms with Crippen molar-refractivity contribution in [3.63, 3.8) is 0 Å². The number of nitrogens with zero attached hydrogens (tertiary/aromatic N) is 2. The summed E-state index contributed by atoms with van der Waals surface area (Å²) in [4.78, 5) is 8.62. The van der Waals surface area contributed by atoms with E-state index in [0.717, 1.165) is 28.1 Å². The summed E-state index contributed by atoms with van der Waals surface area (Å²) in [7, 11) is 0. The lowest BCUT2D eigenvalue weighted by Gasteiger charge is -2.14. The second-order valence-electron chi connectivity index (χ2n) is 4.15. The Morgan fingerprint density at radius 2 is 2.16 bits per heavy atom. The minimum Gasteiger partial charge on any atom is -0.377 e. The molecule has 102 valence electrons. The van der Waals surface area contributed by atoms with Gasteiger partial charge in [0.2, 0.25) is 0 Å². The molecule has 0 bridgehead atoms. The van der Waals surface area contributed by atoms with Crippen molar-refractivity contribution < 1.29 is 4.74 Å². The van der Waals surface area contributed by atoms with Gasteiger partial charge >= 0.3 is 0 Å². The van der Waals surface area contributed by atoms with E-state index in [0.29, 0.717) is 13.2 Å². The summed E-state index contributed by atoms with van der Waals surface area (Å²) < 4.78 is 5.55. The van der Waals surface area contributed by atoms with E-state index in [4.69, 9.17) is 10.5 Å². The van der Waals surface area contributed by atoms with Gasteiger partial charge in [-0.1, -0.05) is 18.2 Å². The molecule has 19 heavy (non-hydrogen) atoms. The molecule has 0 aliphatic carbocycles. The zero-order valence-electron chi connectivity index (χ0n) is 11.1. The molecule has 0 amide bonds. The van der Waals surface area contributed by atoms with E-state index in [1.54, 1.807) is 18.1 Å². The summed E-state index contributed by atoms with van der Waals surface area (Å²) in [5, 5.41) is 2.13. The first-order valence-corrected chi connectivity index (χ1v) is 7.48. The first kappa shape index (κ1) is 14.2. The van der Waals surface area contributed by atoms with Gasteiger partial charge in [-0.05, 0) is 19.4 Å². The van der Waals surface area contributed by atoms with Crippen LogP contribution in [-0.2, 0) is 4.74 Å². The molecular formula is C14H19N3OS. The quantitative estimate of drug-likeness (QED) is 0.622. The predicted octanol–water partition coefficient (Wildman–Crippen LogP) is 2.48. The molecule has 2 aromatic rings. The van der Waals surface area contributed by atoms with E-state index >= 15 is 0 Å². The molecule has 0 fully saturated rings. The molecule has 1 heterocycles. The maximum Gasteiger partial charge on any atom is 0.117 e. The summed E-state index contributed by atoms with van der Waals surface area (Å²) in [5.41, 5.74) is 6.66. The van der Waals surface area contributed by atoms with Crippen LogP contribution in [0.1, 0.15) is 13.3 Å². The molecule has 5 heteroatoms. The Balaban J connectivity index is 1.98. The Kier molecular flexibility index (Phi) is 5.57. The van der Waals surface area contributed by atoms with Crippen molar-refractivity contribution in [2.75, 3.05) is 18.9 Å². The maximum absolute atomic E-state index is 5.67. The summed E-state index contributed by atoms with van der Waals surface area (Å²) in [6.45, 7) is 3.27. The Bertz CT molecular complexity index is 516. The number of hydrogen-bond donors (Lipinski definition) is 1. The van der Waals surface area contributed by atoms with Crippen LogP contribution >= 0.6 is 11.8 Å². The Morgan fingerprint density at radius 3 is 2.95 bits per heavy atom. The number of nitrogens with two attached hydrogens (primary N) is 1. The third-order valence-corrected chi connectivity index (χ3v) is 3.89. The van der Waals surface area contributed by atoms with Gasteiger partial charge in [0.15, 0.2) is 0 Å². The zero-order chi connectivity index (χ0) is 13.5. The van der Waals surface area contributed by atoms with Crippen LogP contribution in [0.3, 0.4) is 0 Å². The first-order chi connectivity index (χ1) is 9.35. The van der Waals surface area contributed by atoms with Crippen LogP contribution in [0.2, 0.25) is 0 Å². The molecule has 1 aromatic carbocycles. The second kappa shape index (κ2) is 7.43. The number of hydrogen-bond acceptors (Lipinski definition) is 5. The molecule has 1 aromatic heterocycles. The number of para-hydroxylation sites is 1. The van der Waals surface area contributed by atoms with Gasteiger partial charge in [0.25, 0.3) is 0 Å². The lowest BCUT2D eigenvalue weighted by atomic mass is 10.2. The fourth-order valence-electron chi connectivity index (χ4n) is 1.89. The van der Waals surface area contributed by atoms with Gasteiger partial charge in [-0.25, -0.2) is 9.97 Å². The number of benzene rings is 1. The van der Waals surface area contributed by atoms with Crippen LogP contribution in [0.15, 0.2) is 35.6 Å². The molecule has 0 aliphatic heterocycles. The normalized spacial score (nSPS) is 12.7. The summed E-state index contributed by atoms with van der Waals surface area (Å²) >= 11 is 1.73. The summed E-state index contributed by atoms with van der Waals surface area (Å²) in [5.74, 6) is 0.947. The number of ether oxygens (including phenoxy) is 1. The molecule has 1 unspecified atom stereocenters. The van der Waals surface area contributed by atoms with Crippen molar-refractivity contribution >= 4 is 22.7 Å². The highest BCUT2D eigenvalue weighted by atomic mass is 32.2. The fourth-order valence-corrected chi connectivity index (χ4v) is 2.91. The lowest BCUT2D eigenvalue weighted by Crippen LogP contribution is -2.24. The maximum atomic E-state index is 5.67. The number of thioether (sulfide) groups is 1. The number of rotatable bonds is 7. The number of aromatic nitrogens is 2. The van der Waals surface area contributed by atoms with Crippen molar-refractivity contribution in [2.24, 2.45) is 5.73 Å². The standard InChI is InChI=1S/C14H19N3OS/c1-2-18-11(9-15)7-8-19-14-12-5-3-4-6-13(12)16-10-17-14/h3-6,10-11H,2,7-9,15H2,1H3. The Morgan fingerprint density at radius 1 is 1.32 bits per heavy atom. The Hall–Kier alpha value is -1.17. The molecule has 0 radical (unpaired) electrons. The third kappa shape index (κ3) is 3.89. The SMILES string of the molecule is CCOC(CN)CCSc1ncnc2ccccc12. The monoisotopic (exact) mass is 277 g/mol. The molecule has 2 N–H and O–H groups in total. The van der Waals surface area contributed by atoms with Gasteiger partial charge in [-0.15, -0.1) is 11.8 Å². The van der Waals surface area contributed by atoms with Crippen LogP contribution in [0, 0.1) is 0 Å². The second-order valence-corrected chi connectivity index (χ2v) is 5.23. The molecule has 1 atom stereocenters. The topological polar surface area (TPSA) is 61.0 Å². The molecule has 0 saturated carbocycles. The van der Waals surface area contributed by atoms with Crippen molar-refractivity contribution in [1.82, 2.24) is 9.97 Å². The van der Waals surface area contributed by atoms with Gasteiger partial charge in [-0.2, -0.15) is 0 Å². The van der Waals surface area contributed by atoms with Crippen molar-refractivity contribution in [3.8, 4) is 0 Å². The van der Waals surface area contributed by atoms with E-state index in [9.17, 15) is 0 Å². The lowest BCUT2D eigenvalue weighted by molar-refractivity contribution is 0.0674. The van der Waals surface area contributed by atoms with Crippen molar-refractivity contribution in [1.29, 1.82) is 0 Å². The highest BCUT2D eigenvalue weighted by molar-refractivity contribution is 7.99. The van der Waals surface area contributed by atoms with Gasteiger partial charge in [0, 0.05) is 24.3 Å². The average molecular weight is 277 g/mol. The van der Waals surface area contributed by atoms with E-state index in [2.05, 4.69) is 16.0 Å². The van der Waals surface area contributed by atoms with Crippen LogP contribution < -0.4 is 5.73 Å². The highest BCUT2D eigenvalue weighted by Crippen LogP contribution is 2.25. The largest absolute Gasteiger partial charge is 0.377 e. The molecule has 0 spiro atoms. The van der Waals surface area contributed by atoms with Crippen molar-refractivity contribution in [3.05, 3.63) is 30.6 Å². The molecule has 4 nitrogen and oxygen atoms in total. The van der Waals surface area contributed by atoms with Gasteiger partial charge < -0.3 is 10.5 Å². The van der Waals surface area contributed by atoms with E-state index in [1.165, 1.54) is 0 Å². The van der Waals surface area contributed by atoms with E-state index in [1.807, 2.05) is 25.1 Å². The van der Waals surface area contributed by atoms with E-state index < -0.39 is 0 Å². The van der Waals surface area contributed by atoms with Gasteiger partial charge in [-0.3, -0.25) is 0 Å². The number of fused-ring (bicyclic) bond motifs is 1. The van der Waals surface area contributed by atoms with Crippen LogP contribution in [0.4, 0.5) is 0 Å². The minimum atomic E-state index is 0.144. The zero-order valence-corrected chi connectivity index (χ0v) is 11.9. The van der Waals surface area contributed by atoms with Crippen molar-refractivity contribution in [2.45, 2.75) is 24.5 Å². The molecule has 0 saturated heterocycles. The summed E-state index contributed by atoms with van der Waals surface area (Å²) in [6.07, 6.45) is 2.70. The van der Waals surface area contributed by atoms with Crippen LogP contribution in [0.5, 0.6) is 0 Å². The fraction of sp³-hybridized carbons (Fsp3) is 0.429. The highest BCUT2D eigenvalue weighted by Gasteiger charge is 2.08. The minimum absolute atomic E-state index is 0.144. The van der Waals surface area contributed by atoms with Crippen LogP contribution in [0.25, 0.3) is 10.9 Å². The third-order valence-electron chi connectivity index (χ3n) is 2.85. The smallest absolute Gasteiger partial charge is 0.117 e. The Labute approximate surface area is 117 Å². The molecule has 2 rings (SSSR count). The molecular weight excluding hydrogens is 258 g/mol.